The highest BCUT2D eigenvalue weighted by Gasteiger charge is 2.17. The van der Waals surface area contributed by atoms with Gasteiger partial charge < -0.3 is 10.1 Å². The lowest BCUT2D eigenvalue weighted by atomic mass is 10.0. The van der Waals surface area contributed by atoms with Gasteiger partial charge in [-0.3, -0.25) is 4.79 Å². The second kappa shape index (κ2) is 6.29. The number of rotatable bonds is 5. The predicted octanol–water partition coefficient (Wildman–Crippen LogP) is 2.33. The number of amides is 1. The molecule has 1 atom stereocenters. The van der Waals surface area contributed by atoms with Crippen LogP contribution in [0.25, 0.3) is 4.83 Å². The molecule has 0 radical (unpaired) electrons. The fourth-order valence-corrected chi connectivity index (χ4v) is 3.13. The summed E-state index contributed by atoms with van der Waals surface area (Å²) in [5, 5.41) is 7.63. The molecule has 2 aromatic heterocycles. The molecule has 0 aliphatic heterocycles. The Kier molecular flexibility index (Phi) is 4.20. The maximum atomic E-state index is 12.3. The standard InChI is InChI=1S/C16H16N4O2S/c1-10(13-5-3-12(4-6-13)7-8-21)18-15(22)16-19-20-11(2)17-9-14(20)23-16/h3-6,8-10H,7H2,1-2H3,(H,18,22). The third kappa shape index (κ3) is 3.14. The number of fused-ring (bicyclic) bond motifs is 1. The topological polar surface area (TPSA) is 76.4 Å². The summed E-state index contributed by atoms with van der Waals surface area (Å²) in [5.74, 6) is 0.552. The van der Waals surface area contributed by atoms with Crippen LogP contribution >= 0.6 is 11.3 Å². The molecular formula is C16H16N4O2S. The number of carbonyl (C=O) groups excluding carboxylic acids is 2. The van der Waals surface area contributed by atoms with Gasteiger partial charge in [-0.15, -0.1) is 5.10 Å². The minimum atomic E-state index is -0.206. The maximum Gasteiger partial charge on any atom is 0.282 e. The van der Waals surface area contributed by atoms with Crippen LogP contribution in [0.4, 0.5) is 0 Å². The van der Waals surface area contributed by atoms with Crippen LogP contribution in [-0.2, 0) is 11.2 Å². The van der Waals surface area contributed by atoms with Gasteiger partial charge in [0.2, 0.25) is 5.01 Å². The van der Waals surface area contributed by atoms with Gasteiger partial charge in [0.1, 0.15) is 16.9 Å². The van der Waals surface area contributed by atoms with Crippen molar-refractivity contribution in [2.75, 3.05) is 0 Å². The monoisotopic (exact) mass is 328 g/mol. The Morgan fingerprint density at radius 3 is 2.78 bits per heavy atom. The van der Waals surface area contributed by atoms with Crippen molar-refractivity contribution in [2.45, 2.75) is 26.3 Å². The van der Waals surface area contributed by atoms with Gasteiger partial charge in [0.15, 0.2) is 0 Å². The average Bonchev–Trinajstić information content (AvgIpc) is 3.11. The highest BCUT2D eigenvalue weighted by Crippen LogP contribution is 2.18. The number of hydrogen-bond acceptors (Lipinski definition) is 5. The van der Waals surface area contributed by atoms with Gasteiger partial charge in [-0.05, 0) is 25.0 Å². The Bertz CT molecular complexity index is 851. The summed E-state index contributed by atoms with van der Waals surface area (Å²) in [6, 6.07) is 7.50. The van der Waals surface area contributed by atoms with Gasteiger partial charge in [-0.1, -0.05) is 35.6 Å². The number of benzene rings is 1. The molecule has 3 aromatic rings. The Morgan fingerprint density at radius 1 is 1.39 bits per heavy atom. The first-order chi connectivity index (χ1) is 11.1. The SMILES string of the molecule is Cc1ncc2sc(C(=O)NC(C)c3ccc(CC=O)cc3)nn12. The number of aldehydes is 1. The smallest absolute Gasteiger partial charge is 0.282 e. The van der Waals surface area contributed by atoms with E-state index in [-0.39, 0.29) is 11.9 Å². The van der Waals surface area contributed by atoms with Crippen LogP contribution in [0, 0.1) is 6.92 Å². The van der Waals surface area contributed by atoms with Crippen LogP contribution in [0.5, 0.6) is 0 Å². The Morgan fingerprint density at radius 2 is 2.13 bits per heavy atom. The normalized spacial score (nSPS) is 12.3. The molecule has 1 aromatic carbocycles. The fraction of sp³-hybridized carbons (Fsp3) is 0.250. The van der Waals surface area contributed by atoms with Crippen LogP contribution in [0.3, 0.4) is 0 Å². The summed E-state index contributed by atoms with van der Waals surface area (Å²) < 4.78 is 1.67. The molecule has 0 spiro atoms. The van der Waals surface area contributed by atoms with E-state index < -0.39 is 0 Å². The minimum Gasteiger partial charge on any atom is -0.343 e. The van der Waals surface area contributed by atoms with Crippen molar-refractivity contribution >= 4 is 28.4 Å². The number of carbonyl (C=O) groups is 2. The number of hydrogen-bond donors (Lipinski definition) is 1. The zero-order valence-electron chi connectivity index (χ0n) is 12.8. The zero-order valence-corrected chi connectivity index (χ0v) is 13.6. The Balaban J connectivity index is 1.72. The second-order valence-corrected chi connectivity index (χ2v) is 6.28. The molecule has 0 saturated heterocycles. The van der Waals surface area contributed by atoms with E-state index in [9.17, 15) is 9.59 Å². The Labute approximate surface area is 137 Å². The summed E-state index contributed by atoms with van der Waals surface area (Å²) in [6.45, 7) is 3.76. The van der Waals surface area contributed by atoms with E-state index in [0.717, 1.165) is 28.1 Å². The molecule has 0 bridgehead atoms. The van der Waals surface area contributed by atoms with Gasteiger partial charge in [0.25, 0.3) is 5.91 Å². The lowest BCUT2D eigenvalue weighted by molar-refractivity contribution is -0.107. The summed E-state index contributed by atoms with van der Waals surface area (Å²) in [5.41, 5.74) is 1.94. The van der Waals surface area contributed by atoms with Crippen molar-refractivity contribution < 1.29 is 9.59 Å². The minimum absolute atomic E-state index is 0.143. The van der Waals surface area contributed by atoms with Crippen LogP contribution in [0.2, 0.25) is 0 Å². The molecule has 3 rings (SSSR count). The fourth-order valence-electron chi connectivity index (χ4n) is 2.29. The molecule has 0 aliphatic carbocycles. The van der Waals surface area contributed by atoms with Gasteiger partial charge in [-0.2, -0.15) is 0 Å². The van der Waals surface area contributed by atoms with E-state index in [1.807, 2.05) is 38.1 Å². The van der Waals surface area contributed by atoms with Crippen LogP contribution in [0.1, 0.15) is 39.7 Å². The number of nitrogens with zero attached hydrogens (tertiary/aromatic N) is 3. The van der Waals surface area contributed by atoms with Gasteiger partial charge in [-0.25, -0.2) is 9.50 Å². The number of aromatic nitrogens is 3. The van der Waals surface area contributed by atoms with Crippen LogP contribution in [-0.4, -0.2) is 26.8 Å². The molecular weight excluding hydrogens is 312 g/mol. The van der Waals surface area contributed by atoms with Crippen molar-refractivity contribution in [1.29, 1.82) is 0 Å². The molecule has 23 heavy (non-hydrogen) atoms. The summed E-state index contributed by atoms with van der Waals surface area (Å²) in [6.07, 6.45) is 2.99. The van der Waals surface area contributed by atoms with Crippen molar-refractivity contribution in [3.8, 4) is 0 Å². The average molecular weight is 328 g/mol. The summed E-state index contributed by atoms with van der Waals surface area (Å²) in [4.78, 5) is 27.8. The zero-order chi connectivity index (χ0) is 16.4. The van der Waals surface area contributed by atoms with E-state index >= 15 is 0 Å². The largest absolute Gasteiger partial charge is 0.343 e. The number of imidazole rings is 1. The Hall–Kier alpha value is -2.54. The molecule has 0 aliphatic rings. The summed E-state index contributed by atoms with van der Waals surface area (Å²) in [7, 11) is 0. The van der Waals surface area contributed by atoms with Crippen LogP contribution in [0.15, 0.2) is 30.5 Å². The van der Waals surface area contributed by atoms with Crippen LogP contribution < -0.4 is 5.32 Å². The first-order valence-electron chi connectivity index (χ1n) is 7.23. The lowest BCUT2D eigenvalue weighted by Crippen LogP contribution is -2.26. The molecule has 6 nitrogen and oxygen atoms in total. The first-order valence-corrected chi connectivity index (χ1v) is 8.04. The number of nitrogens with one attached hydrogen (secondary N) is 1. The van der Waals surface area contributed by atoms with E-state index in [1.54, 1.807) is 10.7 Å². The molecule has 0 saturated carbocycles. The van der Waals surface area contributed by atoms with Crippen molar-refractivity contribution in [1.82, 2.24) is 19.9 Å². The second-order valence-electron chi connectivity index (χ2n) is 5.27. The van der Waals surface area contributed by atoms with Gasteiger partial charge >= 0.3 is 0 Å². The third-order valence-corrected chi connectivity index (χ3v) is 4.56. The first kappa shape index (κ1) is 15.4. The molecule has 0 fully saturated rings. The van der Waals surface area contributed by atoms with E-state index in [1.165, 1.54) is 11.3 Å². The highest BCUT2D eigenvalue weighted by molar-refractivity contribution is 7.18. The summed E-state index contributed by atoms with van der Waals surface area (Å²) >= 11 is 1.31. The molecule has 2 heterocycles. The maximum absolute atomic E-state index is 12.3. The molecule has 118 valence electrons. The van der Waals surface area contributed by atoms with Crippen molar-refractivity contribution in [2.24, 2.45) is 0 Å². The third-order valence-electron chi connectivity index (χ3n) is 3.61. The highest BCUT2D eigenvalue weighted by atomic mass is 32.1. The van der Waals surface area contributed by atoms with Gasteiger partial charge in [0, 0.05) is 6.42 Å². The van der Waals surface area contributed by atoms with Crippen molar-refractivity contribution in [3.63, 3.8) is 0 Å². The van der Waals surface area contributed by atoms with Crippen molar-refractivity contribution in [3.05, 3.63) is 52.4 Å². The van der Waals surface area contributed by atoms with E-state index in [2.05, 4.69) is 15.4 Å². The molecule has 7 heteroatoms. The molecule has 1 N–H and O–H groups in total. The molecule has 1 amide bonds. The quantitative estimate of drug-likeness (QED) is 0.729. The molecule has 1 unspecified atom stereocenters. The predicted molar refractivity (Wildman–Crippen MR) is 87.7 cm³/mol. The van der Waals surface area contributed by atoms with E-state index in [4.69, 9.17) is 0 Å². The number of aryl methyl sites for hydroxylation is 1. The van der Waals surface area contributed by atoms with E-state index in [0.29, 0.717) is 11.4 Å². The van der Waals surface area contributed by atoms with Gasteiger partial charge in [0.05, 0.1) is 12.2 Å². The lowest BCUT2D eigenvalue weighted by Gasteiger charge is -2.13.